The van der Waals surface area contributed by atoms with E-state index in [2.05, 4.69) is 49.0 Å². The molecule has 2 aromatic rings. The van der Waals surface area contributed by atoms with Crippen molar-refractivity contribution in [3.63, 3.8) is 0 Å². The zero-order chi connectivity index (χ0) is 14.8. The lowest BCUT2D eigenvalue weighted by Crippen LogP contribution is -2.20. The van der Waals surface area contributed by atoms with E-state index in [-0.39, 0.29) is 11.2 Å². The van der Waals surface area contributed by atoms with Gasteiger partial charge in [-0.05, 0) is 35.4 Å². The summed E-state index contributed by atoms with van der Waals surface area (Å²) in [4.78, 5) is 16.0. The molecule has 0 spiro atoms. The number of amides is 1. The van der Waals surface area contributed by atoms with Gasteiger partial charge in [0.1, 0.15) is 0 Å². The molecule has 1 heterocycles. The quantitative estimate of drug-likeness (QED) is 0.677. The summed E-state index contributed by atoms with van der Waals surface area (Å²) in [6, 6.07) is 16.1. The third-order valence-electron chi connectivity index (χ3n) is 3.18. The number of nitrogens with zero attached hydrogens (tertiary/aromatic N) is 1. The Kier molecular flexibility index (Phi) is 4.62. The molecule has 1 atom stereocenters. The number of carbonyl (C=O) groups is 1. The summed E-state index contributed by atoms with van der Waals surface area (Å²) in [7, 11) is 0. The van der Waals surface area contributed by atoms with Crippen molar-refractivity contribution in [3.8, 4) is 0 Å². The van der Waals surface area contributed by atoms with Crippen molar-refractivity contribution in [2.45, 2.75) is 5.25 Å². The highest BCUT2D eigenvalue weighted by Crippen LogP contribution is 2.36. The van der Waals surface area contributed by atoms with Crippen LogP contribution in [0.25, 0.3) is 0 Å². The molecular formula is C16H11Br2NOS. The zero-order valence-electron chi connectivity index (χ0n) is 10.9. The first-order chi connectivity index (χ1) is 10.1. The minimum atomic E-state index is -0.0636. The third kappa shape index (κ3) is 3.47. The van der Waals surface area contributed by atoms with Gasteiger partial charge < -0.3 is 0 Å². The Labute approximate surface area is 144 Å². The molecule has 0 aliphatic carbocycles. The van der Waals surface area contributed by atoms with Gasteiger partial charge in [0, 0.05) is 8.95 Å². The topological polar surface area (TPSA) is 29.4 Å². The van der Waals surface area contributed by atoms with Gasteiger partial charge in [-0.2, -0.15) is 0 Å². The van der Waals surface area contributed by atoms with Crippen molar-refractivity contribution in [1.29, 1.82) is 0 Å². The van der Waals surface area contributed by atoms with Gasteiger partial charge in [0.15, 0.2) is 0 Å². The Morgan fingerprint density at radius 1 is 0.952 bits per heavy atom. The van der Waals surface area contributed by atoms with E-state index < -0.39 is 0 Å². The van der Waals surface area contributed by atoms with E-state index in [1.54, 1.807) is 11.8 Å². The number of hydrogen-bond donors (Lipinski definition) is 0. The van der Waals surface area contributed by atoms with Gasteiger partial charge in [0.25, 0.3) is 5.91 Å². The SMILES string of the molecule is O=C1CS[C@@H](c2ccc(Br)cc2)C(c2ccc(Br)cc2)=N1. The second-order valence-corrected chi connectivity index (χ2v) is 7.57. The third-order valence-corrected chi connectivity index (χ3v) is 5.48. The number of aliphatic imine (C=N–C) groups is 1. The second-order valence-electron chi connectivity index (χ2n) is 4.64. The summed E-state index contributed by atoms with van der Waals surface area (Å²) in [5.41, 5.74) is 3.00. The summed E-state index contributed by atoms with van der Waals surface area (Å²) >= 11 is 8.51. The smallest absolute Gasteiger partial charge is 0.255 e. The van der Waals surface area contributed by atoms with Crippen LogP contribution in [0.1, 0.15) is 16.4 Å². The van der Waals surface area contributed by atoms with Crippen LogP contribution in [-0.4, -0.2) is 17.4 Å². The van der Waals surface area contributed by atoms with E-state index in [0.717, 1.165) is 25.8 Å². The fourth-order valence-corrected chi connectivity index (χ4v) is 3.79. The molecule has 106 valence electrons. The van der Waals surface area contributed by atoms with Crippen LogP contribution in [0.5, 0.6) is 0 Å². The Hall–Kier alpha value is -0.910. The van der Waals surface area contributed by atoms with Crippen molar-refractivity contribution >= 4 is 55.2 Å². The first-order valence-electron chi connectivity index (χ1n) is 6.38. The van der Waals surface area contributed by atoms with Crippen LogP contribution in [-0.2, 0) is 4.79 Å². The predicted molar refractivity (Wildman–Crippen MR) is 95.0 cm³/mol. The molecule has 1 amide bonds. The maximum absolute atomic E-state index is 11.7. The molecule has 0 saturated carbocycles. The van der Waals surface area contributed by atoms with Crippen molar-refractivity contribution in [2.75, 3.05) is 5.75 Å². The molecule has 0 radical (unpaired) electrons. The monoisotopic (exact) mass is 423 g/mol. The molecule has 0 N–H and O–H groups in total. The van der Waals surface area contributed by atoms with E-state index >= 15 is 0 Å². The van der Waals surface area contributed by atoms with Crippen molar-refractivity contribution in [2.24, 2.45) is 4.99 Å². The first-order valence-corrected chi connectivity index (χ1v) is 9.01. The van der Waals surface area contributed by atoms with E-state index in [4.69, 9.17) is 0 Å². The fourth-order valence-electron chi connectivity index (χ4n) is 2.19. The average Bonchev–Trinajstić information content (AvgIpc) is 2.49. The molecule has 1 aliphatic heterocycles. The van der Waals surface area contributed by atoms with Gasteiger partial charge in [-0.1, -0.05) is 56.1 Å². The maximum atomic E-state index is 11.7. The van der Waals surface area contributed by atoms with Crippen molar-refractivity contribution < 1.29 is 4.79 Å². The maximum Gasteiger partial charge on any atom is 0.255 e. The van der Waals surface area contributed by atoms with Crippen LogP contribution in [0.2, 0.25) is 0 Å². The lowest BCUT2D eigenvalue weighted by atomic mass is 10.0. The highest BCUT2D eigenvalue weighted by molar-refractivity contribution is 9.10. The first kappa shape index (κ1) is 15.0. The molecule has 5 heteroatoms. The largest absolute Gasteiger partial charge is 0.272 e. The number of halogens is 2. The average molecular weight is 425 g/mol. The molecule has 2 aromatic carbocycles. The molecule has 0 fully saturated rings. The van der Waals surface area contributed by atoms with Gasteiger partial charge in [-0.3, -0.25) is 4.79 Å². The lowest BCUT2D eigenvalue weighted by Gasteiger charge is -2.23. The molecule has 3 rings (SSSR count). The minimum Gasteiger partial charge on any atom is -0.272 e. The van der Waals surface area contributed by atoms with E-state index in [1.807, 2.05) is 36.4 Å². The Balaban J connectivity index is 2.02. The van der Waals surface area contributed by atoms with Crippen LogP contribution in [0.4, 0.5) is 0 Å². The Morgan fingerprint density at radius 3 is 2.14 bits per heavy atom. The van der Waals surface area contributed by atoms with E-state index in [0.29, 0.717) is 5.75 Å². The second kappa shape index (κ2) is 6.46. The normalized spacial score (nSPS) is 18.5. The van der Waals surface area contributed by atoms with Gasteiger partial charge in [0.05, 0.1) is 16.7 Å². The molecule has 0 unspecified atom stereocenters. The molecule has 2 nitrogen and oxygen atoms in total. The Morgan fingerprint density at radius 2 is 1.52 bits per heavy atom. The standard InChI is InChI=1S/C16H11Br2NOS/c17-12-5-1-10(2-6-12)15-16(21-9-14(20)19-15)11-3-7-13(18)8-4-11/h1-8,16H,9H2/t16-/m0/s1. The van der Waals surface area contributed by atoms with E-state index in [9.17, 15) is 4.79 Å². The summed E-state index contributed by atoms with van der Waals surface area (Å²) < 4.78 is 2.06. The van der Waals surface area contributed by atoms with Crippen molar-refractivity contribution in [3.05, 3.63) is 68.6 Å². The van der Waals surface area contributed by atoms with E-state index in [1.165, 1.54) is 0 Å². The predicted octanol–water partition coefficient (Wildman–Crippen LogP) is 5.02. The van der Waals surface area contributed by atoms with Crippen molar-refractivity contribution in [1.82, 2.24) is 0 Å². The Bertz CT molecular complexity index is 695. The number of hydrogen-bond acceptors (Lipinski definition) is 2. The van der Waals surface area contributed by atoms with Crippen LogP contribution < -0.4 is 0 Å². The molecule has 0 saturated heterocycles. The van der Waals surface area contributed by atoms with Crippen LogP contribution in [0.15, 0.2) is 62.5 Å². The number of rotatable bonds is 2. The highest BCUT2D eigenvalue weighted by Gasteiger charge is 2.26. The molecule has 1 aliphatic rings. The summed E-state index contributed by atoms with van der Waals surface area (Å²) in [5.74, 6) is 0.368. The lowest BCUT2D eigenvalue weighted by molar-refractivity contribution is -0.115. The number of carbonyl (C=O) groups excluding carboxylic acids is 1. The highest BCUT2D eigenvalue weighted by atomic mass is 79.9. The number of thioether (sulfide) groups is 1. The zero-order valence-corrected chi connectivity index (χ0v) is 14.9. The summed E-state index contributed by atoms with van der Waals surface area (Å²) in [6.45, 7) is 0. The molecule has 0 bridgehead atoms. The summed E-state index contributed by atoms with van der Waals surface area (Å²) in [6.07, 6.45) is 0. The molecular weight excluding hydrogens is 414 g/mol. The summed E-state index contributed by atoms with van der Waals surface area (Å²) in [5, 5.41) is 0.0944. The molecule has 0 aromatic heterocycles. The van der Waals surface area contributed by atoms with Crippen LogP contribution in [0.3, 0.4) is 0 Å². The fraction of sp³-hybridized carbons (Fsp3) is 0.125. The van der Waals surface area contributed by atoms with Gasteiger partial charge in [0.2, 0.25) is 0 Å². The van der Waals surface area contributed by atoms with Crippen LogP contribution in [0, 0.1) is 0 Å². The molecule has 21 heavy (non-hydrogen) atoms. The van der Waals surface area contributed by atoms with Gasteiger partial charge in [-0.25, -0.2) is 4.99 Å². The van der Waals surface area contributed by atoms with Gasteiger partial charge in [-0.15, -0.1) is 11.8 Å². The van der Waals surface area contributed by atoms with Gasteiger partial charge >= 0.3 is 0 Å². The minimum absolute atomic E-state index is 0.0636. The number of benzene rings is 2. The van der Waals surface area contributed by atoms with Crippen LogP contribution >= 0.6 is 43.6 Å².